The third kappa shape index (κ3) is 4.49. The van der Waals surface area contributed by atoms with Gasteiger partial charge in [0.1, 0.15) is 11.1 Å². The van der Waals surface area contributed by atoms with Crippen LogP contribution in [-0.2, 0) is 10.0 Å². The summed E-state index contributed by atoms with van der Waals surface area (Å²) in [5, 5.41) is 13.9. The molecular weight excluding hydrogens is 370 g/mol. The molecule has 0 saturated carbocycles. The quantitative estimate of drug-likeness (QED) is 0.743. The fourth-order valence-corrected chi connectivity index (χ4v) is 4.60. The van der Waals surface area contributed by atoms with Crippen molar-refractivity contribution in [1.82, 2.24) is 4.31 Å². The molecule has 1 amide bonds. The first kappa shape index (κ1) is 20.1. The van der Waals surface area contributed by atoms with Gasteiger partial charge in [0.15, 0.2) is 0 Å². The third-order valence-electron chi connectivity index (χ3n) is 3.88. The first-order valence-electron chi connectivity index (χ1n) is 8.33. The van der Waals surface area contributed by atoms with Gasteiger partial charge in [0.05, 0.1) is 10.5 Å². The lowest BCUT2D eigenvalue weighted by Crippen LogP contribution is -2.31. The second-order valence-corrected chi connectivity index (χ2v) is 8.46. The van der Waals surface area contributed by atoms with Crippen molar-refractivity contribution in [1.29, 1.82) is 5.26 Å². The molecule has 1 N–H and O–H groups in total. The van der Waals surface area contributed by atoms with Gasteiger partial charge in [-0.05, 0) is 42.1 Å². The number of anilines is 1. The van der Waals surface area contributed by atoms with Gasteiger partial charge in [-0.1, -0.05) is 20.3 Å². The van der Waals surface area contributed by atoms with E-state index in [1.54, 1.807) is 11.4 Å². The standard InChI is InChI=1S/C18H21N3O3S2/c1-3-5-11-21(4-2)26(23,24)16-8-6-14(7-9-16)17(22)20-18-15(13-19)10-12-25-18/h6-10,12H,3-5,11H2,1-2H3,(H,20,22). The number of rotatable bonds is 8. The second kappa shape index (κ2) is 8.94. The summed E-state index contributed by atoms with van der Waals surface area (Å²) in [7, 11) is -3.57. The smallest absolute Gasteiger partial charge is 0.256 e. The summed E-state index contributed by atoms with van der Waals surface area (Å²) in [5.41, 5.74) is 0.731. The fourth-order valence-electron chi connectivity index (χ4n) is 2.38. The average molecular weight is 392 g/mol. The van der Waals surface area contributed by atoms with Crippen LogP contribution < -0.4 is 5.32 Å². The predicted octanol–water partition coefficient (Wildman–Crippen LogP) is 3.68. The molecule has 1 aromatic heterocycles. The van der Waals surface area contributed by atoms with Gasteiger partial charge in [-0.3, -0.25) is 4.79 Å². The molecule has 0 atom stereocenters. The maximum Gasteiger partial charge on any atom is 0.256 e. The second-order valence-electron chi connectivity index (χ2n) is 5.60. The highest BCUT2D eigenvalue weighted by Crippen LogP contribution is 2.23. The minimum atomic E-state index is -3.57. The Kier molecular flexibility index (Phi) is 6.91. The normalized spacial score (nSPS) is 11.3. The van der Waals surface area contributed by atoms with Crippen LogP contribution in [0.3, 0.4) is 0 Å². The van der Waals surface area contributed by atoms with Crippen molar-refractivity contribution in [3.8, 4) is 6.07 Å². The Morgan fingerprint density at radius 1 is 1.23 bits per heavy atom. The molecule has 0 spiro atoms. The molecule has 0 aliphatic rings. The summed E-state index contributed by atoms with van der Waals surface area (Å²) in [5.74, 6) is -0.383. The number of nitrogens with zero attached hydrogens (tertiary/aromatic N) is 2. The Bertz CT molecular complexity index is 897. The van der Waals surface area contributed by atoms with Crippen LogP contribution in [0, 0.1) is 11.3 Å². The minimum absolute atomic E-state index is 0.167. The van der Waals surface area contributed by atoms with Gasteiger partial charge in [0.2, 0.25) is 10.0 Å². The molecule has 0 bridgehead atoms. The summed E-state index contributed by atoms with van der Waals surface area (Å²) >= 11 is 1.26. The van der Waals surface area contributed by atoms with E-state index in [9.17, 15) is 13.2 Å². The van der Waals surface area contributed by atoms with E-state index in [2.05, 4.69) is 5.32 Å². The number of sulfonamides is 1. The maximum atomic E-state index is 12.7. The van der Waals surface area contributed by atoms with Crippen molar-refractivity contribution in [3.05, 3.63) is 46.8 Å². The van der Waals surface area contributed by atoms with E-state index in [1.807, 2.05) is 19.9 Å². The van der Waals surface area contributed by atoms with Gasteiger partial charge in [-0.2, -0.15) is 9.57 Å². The highest BCUT2D eigenvalue weighted by Gasteiger charge is 2.22. The van der Waals surface area contributed by atoms with Crippen LogP contribution in [0.2, 0.25) is 0 Å². The number of benzene rings is 1. The van der Waals surface area contributed by atoms with Crippen LogP contribution in [0.25, 0.3) is 0 Å². The van der Waals surface area contributed by atoms with Gasteiger partial charge >= 0.3 is 0 Å². The van der Waals surface area contributed by atoms with Gasteiger partial charge in [0.25, 0.3) is 5.91 Å². The molecule has 0 saturated heterocycles. The largest absolute Gasteiger partial charge is 0.312 e. The topological polar surface area (TPSA) is 90.3 Å². The molecule has 26 heavy (non-hydrogen) atoms. The Morgan fingerprint density at radius 3 is 2.50 bits per heavy atom. The molecule has 2 aromatic rings. The maximum absolute atomic E-state index is 12.7. The Hall–Kier alpha value is -2.21. The molecule has 0 fully saturated rings. The number of thiophene rings is 1. The number of nitrogens with one attached hydrogen (secondary N) is 1. The molecule has 138 valence electrons. The number of hydrogen-bond donors (Lipinski definition) is 1. The first-order valence-corrected chi connectivity index (χ1v) is 10.6. The molecule has 1 aromatic carbocycles. The van der Waals surface area contributed by atoms with E-state index in [0.717, 1.165) is 12.8 Å². The van der Waals surface area contributed by atoms with Crippen molar-refractivity contribution in [3.63, 3.8) is 0 Å². The van der Waals surface area contributed by atoms with Gasteiger partial charge < -0.3 is 5.32 Å². The molecule has 1 heterocycles. The summed E-state index contributed by atoms with van der Waals surface area (Å²) in [6, 6.07) is 9.49. The number of hydrogen-bond acceptors (Lipinski definition) is 5. The molecular formula is C18H21N3O3S2. The van der Waals surface area contributed by atoms with Crippen molar-refractivity contribution < 1.29 is 13.2 Å². The zero-order valence-corrected chi connectivity index (χ0v) is 16.4. The van der Waals surface area contributed by atoms with E-state index >= 15 is 0 Å². The van der Waals surface area contributed by atoms with Crippen molar-refractivity contribution in [2.75, 3.05) is 18.4 Å². The summed E-state index contributed by atoms with van der Waals surface area (Å²) in [6.07, 6.45) is 1.72. The lowest BCUT2D eigenvalue weighted by atomic mass is 10.2. The SMILES string of the molecule is CCCCN(CC)S(=O)(=O)c1ccc(C(=O)Nc2sccc2C#N)cc1. The third-order valence-corrected chi connectivity index (χ3v) is 6.70. The molecule has 0 aliphatic heterocycles. The number of unbranched alkanes of at least 4 members (excludes halogenated alkanes) is 1. The van der Waals surface area contributed by atoms with Crippen LogP contribution in [0.4, 0.5) is 5.00 Å². The molecule has 6 nitrogen and oxygen atoms in total. The van der Waals surface area contributed by atoms with Gasteiger partial charge in [-0.15, -0.1) is 11.3 Å². The molecule has 8 heteroatoms. The zero-order valence-electron chi connectivity index (χ0n) is 14.7. The van der Waals surface area contributed by atoms with E-state index in [-0.39, 0.29) is 10.8 Å². The van der Waals surface area contributed by atoms with Gasteiger partial charge in [-0.25, -0.2) is 8.42 Å². The molecule has 0 unspecified atom stereocenters. The lowest BCUT2D eigenvalue weighted by molar-refractivity contribution is 0.102. The van der Waals surface area contributed by atoms with Crippen LogP contribution >= 0.6 is 11.3 Å². The number of amides is 1. The number of nitriles is 1. The summed E-state index contributed by atoms with van der Waals surface area (Å²) in [4.78, 5) is 12.5. The highest BCUT2D eigenvalue weighted by molar-refractivity contribution is 7.89. The van der Waals surface area contributed by atoms with Crippen LogP contribution in [0.5, 0.6) is 0 Å². The van der Waals surface area contributed by atoms with E-state index < -0.39 is 10.0 Å². The molecule has 2 rings (SSSR count). The Balaban J connectivity index is 2.17. The van der Waals surface area contributed by atoms with Crippen molar-refractivity contribution >= 4 is 32.3 Å². The van der Waals surface area contributed by atoms with Gasteiger partial charge in [0, 0.05) is 18.7 Å². The van der Waals surface area contributed by atoms with E-state index in [4.69, 9.17) is 5.26 Å². The Morgan fingerprint density at radius 2 is 1.92 bits per heavy atom. The number of carbonyl (C=O) groups excluding carboxylic acids is 1. The molecule has 0 aliphatic carbocycles. The summed E-state index contributed by atoms with van der Waals surface area (Å²) < 4.78 is 26.8. The monoisotopic (exact) mass is 391 g/mol. The van der Waals surface area contributed by atoms with Crippen LogP contribution in [0.15, 0.2) is 40.6 Å². The van der Waals surface area contributed by atoms with Crippen LogP contribution in [0.1, 0.15) is 42.6 Å². The molecule has 0 radical (unpaired) electrons. The predicted molar refractivity (Wildman–Crippen MR) is 103 cm³/mol. The average Bonchev–Trinajstić information content (AvgIpc) is 3.09. The first-order chi connectivity index (χ1) is 12.4. The summed E-state index contributed by atoms with van der Waals surface area (Å²) in [6.45, 7) is 4.70. The van der Waals surface area contributed by atoms with Crippen LogP contribution in [-0.4, -0.2) is 31.7 Å². The fraction of sp³-hybridized carbons (Fsp3) is 0.333. The van der Waals surface area contributed by atoms with Crippen molar-refractivity contribution in [2.45, 2.75) is 31.6 Å². The van der Waals surface area contributed by atoms with Crippen molar-refractivity contribution in [2.24, 2.45) is 0 Å². The van der Waals surface area contributed by atoms with E-state index in [0.29, 0.717) is 29.2 Å². The minimum Gasteiger partial charge on any atom is -0.312 e. The lowest BCUT2D eigenvalue weighted by Gasteiger charge is -2.20. The Labute approximate surface area is 158 Å². The highest BCUT2D eigenvalue weighted by atomic mass is 32.2. The van der Waals surface area contributed by atoms with E-state index in [1.165, 1.54) is 39.9 Å². The number of carbonyl (C=O) groups is 1. The zero-order chi connectivity index (χ0) is 19.2.